The number of rotatable bonds is 4. The number of aliphatic carboxylic acids is 1. The van der Waals surface area contributed by atoms with Gasteiger partial charge in [-0.25, -0.2) is 0 Å². The van der Waals surface area contributed by atoms with Crippen LogP contribution in [0.15, 0.2) is 11.4 Å². The van der Waals surface area contributed by atoms with Gasteiger partial charge in [-0.15, -0.1) is 11.3 Å². The average molecular weight is 288 g/mol. The predicted molar refractivity (Wildman–Crippen MR) is 70.1 cm³/mol. The second-order valence-electron chi connectivity index (χ2n) is 4.44. The summed E-state index contributed by atoms with van der Waals surface area (Å²) in [7, 11) is 0. The van der Waals surface area contributed by atoms with Crippen molar-refractivity contribution in [2.45, 2.75) is 19.3 Å². The van der Waals surface area contributed by atoms with Crippen molar-refractivity contribution in [3.8, 4) is 0 Å². The van der Waals surface area contributed by atoms with Crippen LogP contribution in [-0.2, 0) is 4.79 Å². The lowest BCUT2D eigenvalue weighted by Gasteiger charge is -2.16. The molecule has 1 heterocycles. The number of carbonyl (C=O) groups is 2. The molecule has 1 fully saturated rings. The monoisotopic (exact) mass is 287 g/mol. The minimum absolute atomic E-state index is 0.0326. The Labute approximate surface area is 114 Å². The number of thiophene rings is 1. The molecule has 6 heteroatoms. The van der Waals surface area contributed by atoms with E-state index in [0.717, 1.165) is 12.8 Å². The topological polar surface area (TPSA) is 66.4 Å². The van der Waals surface area contributed by atoms with Crippen LogP contribution in [-0.4, -0.2) is 23.5 Å². The fourth-order valence-electron chi connectivity index (χ4n) is 2.37. The quantitative estimate of drug-likeness (QED) is 0.894. The molecular weight excluding hydrogens is 274 g/mol. The smallest absolute Gasteiger partial charge is 0.306 e. The van der Waals surface area contributed by atoms with Crippen LogP contribution in [0.4, 0.5) is 0 Å². The molecule has 0 aromatic carbocycles. The molecule has 0 radical (unpaired) electrons. The summed E-state index contributed by atoms with van der Waals surface area (Å²) in [5.74, 6) is -1.28. The van der Waals surface area contributed by atoms with Gasteiger partial charge in [0.05, 0.1) is 10.9 Å². The van der Waals surface area contributed by atoms with Gasteiger partial charge in [-0.1, -0.05) is 18.0 Å². The van der Waals surface area contributed by atoms with Crippen LogP contribution in [0.3, 0.4) is 0 Å². The zero-order chi connectivity index (χ0) is 13.1. The fraction of sp³-hybridized carbons (Fsp3) is 0.500. The normalized spacial score (nSPS) is 22.9. The highest BCUT2D eigenvalue weighted by Gasteiger charge is 2.33. The van der Waals surface area contributed by atoms with Crippen LogP contribution < -0.4 is 5.32 Å². The lowest BCUT2D eigenvalue weighted by molar-refractivity contribution is -0.142. The van der Waals surface area contributed by atoms with E-state index in [4.69, 9.17) is 16.7 Å². The standard InChI is InChI=1S/C12H14ClNO3S/c13-9-4-5-18-10(9)11(15)14-6-7-2-1-3-8(7)12(16)17/h4-5,7-8H,1-3,6H2,(H,14,15)(H,16,17). The van der Waals surface area contributed by atoms with Crippen LogP contribution in [0, 0.1) is 11.8 Å². The molecule has 1 aliphatic carbocycles. The summed E-state index contributed by atoms with van der Waals surface area (Å²) >= 11 is 7.15. The molecule has 0 saturated heterocycles. The molecule has 1 aromatic heterocycles. The summed E-state index contributed by atoms with van der Waals surface area (Å²) < 4.78 is 0. The molecule has 2 N–H and O–H groups in total. The van der Waals surface area contributed by atoms with Gasteiger partial charge in [-0.05, 0) is 30.2 Å². The van der Waals surface area contributed by atoms with Gasteiger partial charge in [-0.3, -0.25) is 9.59 Å². The number of hydrogen-bond acceptors (Lipinski definition) is 3. The Kier molecular flexibility index (Phi) is 4.24. The largest absolute Gasteiger partial charge is 0.481 e. The first-order chi connectivity index (χ1) is 8.59. The molecule has 1 amide bonds. The van der Waals surface area contributed by atoms with Crippen LogP contribution in [0.25, 0.3) is 0 Å². The maximum absolute atomic E-state index is 11.8. The molecule has 1 saturated carbocycles. The highest BCUT2D eigenvalue weighted by molar-refractivity contribution is 7.12. The molecule has 0 spiro atoms. The van der Waals surface area contributed by atoms with Gasteiger partial charge in [0.1, 0.15) is 4.88 Å². The van der Waals surface area contributed by atoms with Crippen LogP contribution in [0.5, 0.6) is 0 Å². The summed E-state index contributed by atoms with van der Waals surface area (Å²) in [5.41, 5.74) is 0. The number of amides is 1. The lowest BCUT2D eigenvalue weighted by Crippen LogP contribution is -2.32. The Balaban J connectivity index is 1.90. The molecule has 2 rings (SSSR count). The van der Waals surface area contributed by atoms with Crippen molar-refractivity contribution in [3.05, 3.63) is 21.3 Å². The number of nitrogens with one attached hydrogen (secondary N) is 1. The van der Waals surface area contributed by atoms with E-state index in [1.807, 2.05) is 0 Å². The highest BCUT2D eigenvalue weighted by atomic mass is 35.5. The van der Waals surface area contributed by atoms with Gasteiger partial charge in [0.15, 0.2) is 0 Å². The summed E-state index contributed by atoms with van der Waals surface area (Å²) in [4.78, 5) is 23.3. The number of carboxylic acids is 1. The van der Waals surface area contributed by atoms with Crippen LogP contribution in [0.1, 0.15) is 28.9 Å². The minimum atomic E-state index is -0.763. The third-order valence-electron chi connectivity index (χ3n) is 3.32. The molecule has 98 valence electrons. The first-order valence-electron chi connectivity index (χ1n) is 5.83. The molecule has 18 heavy (non-hydrogen) atoms. The van der Waals surface area contributed by atoms with E-state index in [-0.39, 0.29) is 17.7 Å². The third kappa shape index (κ3) is 2.84. The van der Waals surface area contributed by atoms with Crippen molar-refractivity contribution in [3.63, 3.8) is 0 Å². The Hall–Kier alpha value is -1.07. The first kappa shape index (κ1) is 13.4. The van der Waals surface area contributed by atoms with Gasteiger partial charge in [0, 0.05) is 6.54 Å². The van der Waals surface area contributed by atoms with E-state index in [1.54, 1.807) is 11.4 Å². The molecule has 0 bridgehead atoms. The zero-order valence-corrected chi connectivity index (χ0v) is 11.3. The molecule has 4 nitrogen and oxygen atoms in total. The molecule has 2 unspecified atom stereocenters. The summed E-state index contributed by atoms with van der Waals surface area (Å²) in [6.45, 7) is 0.407. The summed E-state index contributed by atoms with van der Waals surface area (Å²) in [6, 6.07) is 1.68. The third-order valence-corrected chi connectivity index (χ3v) is 4.66. The van der Waals surface area contributed by atoms with Gasteiger partial charge in [0.25, 0.3) is 5.91 Å². The van der Waals surface area contributed by atoms with Crippen molar-refractivity contribution in [1.82, 2.24) is 5.32 Å². The molecule has 1 aromatic rings. The Morgan fingerprint density at radius 2 is 2.28 bits per heavy atom. The van der Waals surface area contributed by atoms with Crippen LogP contribution >= 0.6 is 22.9 Å². The fourth-order valence-corrected chi connectivity index (χ4v) is 3.42. The number of hydrogen-bond donors (Lipinski definition) is 2. The number of carbonyl (C=O) groups excluding carboxylic acids is 1. The second kappa shape index (κ2) is 5.71. The van der Waals surface area contributed by atoms with Crippen molar-refractivity contribution in [1.29, 1.82) is 0 Å². The van der Waals surface area contributed by atoms with Crippen molar-refractivity contribution < 1.29 is 14.7 Å². The molecule has 2 atom stereocenters. The maximum atomic E-state index is 11.8. The van der Waals surface area contributed by atoms with Gasteiger partial charge in [0.2, 0.25) is 0 Å². The van der Waals surface area contributed by atoms with Crippen molar-refractivity contribution in [2.75, 3.05) is 6.54 Å². The number of carboxylic acid groups (broad SMARTS) is 1. The van der Waals surface area contributed by atoms with E-state index in [1.165, 1.54) is 11.3 Å². The molecular formula is C12H14ClNO3S. The van der Waals surface area contributed by atoms with Gasteiger partial charge < -0.3 is 10.4 Å². The first-order valence-corrected chi connectivity index (χ1v) is 7.09. The summed E-state index contributed by atoms with van der Waals surface area (Å²) in [6.07, 6.45) is 2.47. The highest BCUT2D eigenvalue weighted by Crippen LogP contribution is 2.31. The van der Waals surface area contributed by atoms with Gasteiger partial charge >= 0.3 is 5.97 Å². The molecule has 0 aliphatic heterocycles. The lowest BCUT2D eigenvalue weighted by atomic mass is 9.96. The van der Waals surface area contributed by atoms with Crippen LogP contribution in [0.2, 0.25) is 5.02 Å². The van der Waals surface area contributed by atoms with Gasteiger partial charge in [-0.2, -0.15) is 0 Å². The minimum Gasteiger partial charge on any atom is -0.481 e. The van der Waals surface area contributed by atoms with Crippen molar-refractivity contribution in [2.24, 2.45) is 11.8 Å². The van der Waals surface area contributed by atoms with E-state index in [2.05, 4.69) is 5.32 Å². The van der Waals surface area contributed by atoms with E-state index in [9.17, 15) is 9.59 Å². The summed E-state index contributed by atoms with van der Waals surface area (Å²) in [5, 5.41) is 14.0. The van der Waals surface area contributed by atoms with E-state index >= 15 is 0 Å². The predicted octanol–water partition coefficient (Wildman–Crippen LogP) is 2.63. The Bertz CT molecular complexity index is 460. The second-order valence-corrected chi connectivity index (χ2v) is 5.77. The average Bonchev–Trinajstić information content (AvgIpc) is 2.94. The SMILES string of the molecule is O=C(NCC1CCCC1C(=O)O)c1sccc1Cl. The van der Waals surface area contributed by atoms with Crippen molar-refractivity contribution >= 4 is 34.8 Å². The maximum Gasteiger partial charge on any atom is 0.306 e. The Morgan fingerprint density at radius 3 is 2.89 bits per heavy atom. The Morgan fingerprint density at radius 1 is 1.50 bits per heavy atom. The number of halogens is 1. The van der Waals surface area contributed by atoms with E-state index in [0.29, 0.717) is 22.9 Å². The van der Waals surface area contributed by atoms with E-state index < -0.39 is 5.97 Å². The zero-order valence-electron chi connectivity index (χ0n) is 9.69. The molecule has 1 aliphatic rings.